The number of alkyl halides is 1. The lowest BCUT2D eigenvalue weighted by atomic mass is 9.70. The van der Waals surface area contributed by atoms with E-state index in [1.54, 1.807) is 0 Å². The van der Waals surface area contributed by atoms with Crippen molar-refractivity contribution in [2.75, 3.05) is 0 Å². The van der Waals surface area contributed by atoms with Gasteiger partial charge in [-0.3, -0.25) is 9.59 Å². The van der Waals surface area contributed by atoms with Gasteiger partial charge in [0, 0.05) is 5.02 Å². The van der Waals surface area contributed by atoms with Crippen molar-refractivity contribution in [1.29, 1.82) is 0 Å². The average molecular weight is 401 g/mol. The van der Waals surface area contributed by atoms with Crippen molar-refractivity contribution in [3.05, 3.63) is 52.1 Å². The van der Waals surface area contributed by atoms with Gasteiger partial charge in [0.05, 0.1) is 16.5 Å². The number of hydrogen-bond donors (Lipinski definition) is 4. The molecule has 10 heteroatoms. The van der Waals surface area contributed by atoms with Gasteiger partial charge in [-0.2, -0.15) is 0 Å². The normalized spacial score (nSPS) is 18.5. The molecule has 1 aliphatic rings. The summed E-state index contributed by atoms with van der Waals surface area (Å²) in [6, 6.07) is 3.50. The number of halogens is 2. The SMILES string of the molecule is O=C(O)C1=CC=C(c2ccc(C(=O)O)cc2Cl)C(Cl)C1(C(=O)O)C(=O)O. The summed E-state index contributed by atoms with van der Waals surface area (Å²) >= 11 is 12.2. The zero-order valence-corrected chi connectivity index (χ0v) is 14.2. The van der Waals surface area contributed by atoms with Crippen LogP contribution >= 0.6 is 23.2 Å². The predicted octanol–water partition coefficient (Wildman–Crippen LogP) is 2.21. The fraction of sp³-hybridized carbons (Fsp3) is 0.125. The first-order chi connectivity index (χ1) is 12.0. The Bertz CT molecular complexity index is 886. The molecule has 1 unspecified atom stereocenters. The Morgan fingerprint density at radius 2 is 1.50 bits per heavy atom. The number of aliphatic carboxylic acids is 3. The smallest absolute Gasteiger partial charge is 0.335 e. The third-order valence-electron chi connectivity index (χ3n) is 3.94. The van der Waals surface area contributed by atoms with Gasteiger partial charge in [-0.05, 0) is 29.3 Å². The quantitative estimate of drug-likeness (QED) is 0.433. The van der Waals surface area contributed by atoms with Crippen LogP contribution in [0, 0.1) is 5.41 Å². The maximum Gasteiger partial charge on any atom is 0.335 e. The van der Waals surface area contributed by atoms with E-state index in [4.69, 9.17) is 28.3 Å². The summed E-state index contributed by atoms with van der Waals surface area (Å²) in [4.78, 5) is 45.8. The van der Waals surface area contributed by atoms with Gasteiger partial charge in [0.25, 0.3) is 0 Å². The van der Waals surface area contributed by atoms with Gasteiger partial charge in [-0.25, -0.2) is 9.59 Å². The zero-order chi connectivity index (χ0) is 19.8. The fourth-order valence-electron chi connectivity index (χ4n) is 2.65. The van der Waals surface area contributed by atoms with Crippen LogP contribution in [0.2, 0.25) is 5.02 Å². The number of benzene rings is 1. The highest BCUT2D eigenvalue weighted by Crippen LogP contribution is 2.47. The van der Waals surface area contributed by atoms with Crippen LogP contribution in [0.25, 0.3) is 5.57 Å². The first kappa shape index (κ1) is 19.5. The molecule has 4 N–H and O–H groups in total. The number of allylic oxidation sites excluding steroid dienone is 3. The van der Waals surface area contributed by atoms with Crippen LogP contribution in [0.1, 0.15) is 15.9 Å². The number of hydrogen-bond acceptors (Lipinski definition) is 4. The highest BCUT2D eigenvalue weighted by Gasteiger charge is 2.60. The van der Waals surface area contributed by atoms with E-state index in [0.29, 0.717) is 0 Å². The third kappa shape index (κ3) is 2.83. The summed E-state index contributed by atoms with van der Waals surface area (Å²) in [7, 11) is 0. The van der Waals surface area contributed by atoms with E-state index in [-0.39, 0.29) is 21.7 Å². The number of carbonyl (C=O) groups is 4. The molecular weight excluding hydrogens is 391 g/mol. The number of carboxylic acid groups (broad SMARTS) is 4. The molecule has 0 spiro atoms. The van der Waals surface area contributed by atoms with Crippen molar-refractivity contribution in [1.82, 2.24) is 0 Å². The molecule has 0 fully saturated rings. The minimum Gasteiger partial charge on any atom is -0.480 e. The standard InChI is InChI=1S/C16H10Cl2O8/c17-10-5-6(12(19)20)1-2-7(10)8-3-4-9(13(21)22)16(11(8)18,14(23)24)15(25)26/h1-5,11H,(H,19,20)(H,21,22)(H,23,24)(H,25,26). The predicted molar refractivity (Wildman–Crippen MR) is 89.5 cm³/mol. The Balaban J connectivity index is 2.73. The van der Waals surface area contributed by atoms with Crippen molar-refractivity contribution >= 4 is 52.7 Å². The van der Waals surface area contributed by atoms with Crippen LogP contribution in [0.4, 0.5) is 0 Å². The van der Waals surface area contributed by atoms with Gasteiger partial charge < -0.3 is 20.4 Å². The first-order valence-corrected chi connectivity index (χ1v) is 7.66. The zero-order valence-electron chi connectivity index (χ0n) is 12.6. The molecule has 26 heavy (non-hydrogen) atoms. The summed E-state index contributed by atoms with van der Waals surface area (Å²) in [6.45, 7) is 0. The molecule has 1 atom stereocenters. The Morgan fingerprint density at radius 1 is 0.923 bits per heavy atom. The molecular formula is C16H10Cl2O8. The molecule has 0 bridgehead atoms. The molecule has 0 heterocycles. The van der Waals surface area contributed by atoms with Crippen molar-refractivity contribution < 1.29 is 39.6 Å². The van der Waals surface area contributed by atoms with Gasteiger partial charge in [0.15, 0.2) is 0 Å². The van der Waals surface area contributed by atoms with Gasteiger partial charge >= 0.3 is 23.9 Å². The second-order valence-electron chi connectivity index (χ2n) is 5.29. The van der Waals surface area contributed by atoms with Crippen molar-refractivity contribution in [3.63, 3.8) is 0 Å². The summed E-state index contributed by atoms with van der Waals surface area (Å²) < 4.78 is 0. The summed E-state index contributed by atoms with van der Waals surface area (Å²) in [5.41, 5.74) is -4.00. The van der Waals surface area contributed by atoms with Crippen LogP contribution in [0.3, 0.4) is 0 Å². The van der Waals surface area contributed by atoms with Gasteiger partial charge in [0.1, 0.15) is 0 Å². The highest BCUT2D eigenvalue weighted by atomic mass is 35.5. The molecule has 1 aromatic rings. The second-order valence-corrected chi connectivity index (χ2v) is 6.13. The highest BCUT2D eigenvalue weighted by molar-refractivity contribution is 6.36. The molecule has 0 radical (unpaired) electrons. The van der Waals surface area contributed by atoms with Gasteiger partial charge in [-0.15, -0.1) is 11.6 Å². The topological polar surface area (TPSA) is 149 Å². The van der Waals surface area contributed by atoms with E-state index in [2.05, 4.69) is 0 Å². The van der Waals surface area contributed by atoms with Crippen LogP contribution in [0.5, 0.6) is 0 Å². The molecule has 0 aliphatic heterocycles. The lowest BCUT2D eigenvalue weighted by Crippen LogP contribution is -2.51. The lowest BCUT2D eigenvalue weighted by Gasteiger charge is -2.34. The third-order valence-corrected chi connectivity index (χ3v) is 4.81. The van der Waals surface area contributed by atoms with E-state index < -0.39 is 40.2 Å². The second kappa shape index (κ2) is 6.81. The molecule has 0 amide bonds. The molecule has 8 nitrogen and oxygen atoms in total. The maximum absolute atomic E-state index is 11.7. The van der Waals surface area contributed by atoms with E-state index in [0.717, 1.165) is 18.2 Å². The minimum atomic E-state index is -2.95. The molecule has 136 valence electrons. The van der Waals surface area contributed by atoms with Gasteiger partial charge in [-0.1, -0.05) is 23.7 Å². The van der Waals surface area contributed by atoms with Gasteiger partial charge in [0.2, 0.25) is 5.41 Å². The van der Waals surface area contributed by atoms with E-state index in [1.165, 1.54) is 12.1 Å². The number of rotatable bonds is 5. The van der Waals surface area contributed by atoms with E-state index in [1.807, 2.05) is 0 Å². The largest absolute Gasteiger partial charge is 0.480 e. The molecule has 1 aromatic carbocycles. The minimum absolute atomic E-state index is 0.0663. The Hall–Kier alpha value is -2.84. The first-order valence-electron chi connectivity index (χ1n) is 6.84. The van der Waals surface area contributed by atoms with Crippen molar-refractivity contribution in [2.45, 2.75) is 5.38 Å². The molecule has 0 saturated carbocycles. The maximum atomic E-state index is 11.7. The number of aromatic carboxylic acids is 1. The average Bonchev–Trinajstić information content (AvgIpc) is 2.53. The summed E-state index contributed by atoms with van der Waals surface area (Å²) in [6.07, 6.45) is 1.98. The lowest BCUT2D eigenvalue weighted by molar-refractivity contribution is -0.163. The molecule has 2 rings (SSSR count). The van der Waals surface area contributed by atoms with Crippen molar-refractivity contribution in [3.8, 4) is 0 Å². The number of carboxylic acids is 4. The van der Waals surface area contributed by atoms with Crippen LogP contribution in [0.15, 0.2) is 35.9 Å². The fourth-order valence-corrected chi connectivity index (χ4v) is 3.43. The molecule has 0 aromatic heterocycles. The molecule has 0 saturated heterocycles. The van der Waals surface area contributed by atoms with Crippen LogP contribution < -0.4 is 0 Å². The summed E-state index contributed by atoms with van der Waals surface area (Å²) in [5.74, 6) is -6.91. The molecule has 1 aliphatic carbocycles. The Kier molecular flexibility index (Phi) is 5.11. The van der Waals surface area contributed by atoms with Crippen LogP contribution in [-0.4, -0.2) is 49.7 Å². The summed E-state index contributed by atoms with van der Waals surface area (Å²) in [5, 5.41) is 35.2. The van der Waals surface area contributed by atoms with Crippen molar-refractivity contribution in [2.24, 2.45) is 5.41 Å². The van der Waals surface area contributed by atoms with E-state index in [9.17, 15) is 34.5 Å². The Morgan fingerprint density at radius 3 is 1.92 bits per heavy atom. The Labute approximate surface area is 155 Å². The van der Waals surface area contributed by atoms with Crippen LogP contribution in [-0.2, 0) is 14.4 Å². The monoisotopic (exact) mass is 400 g/mol. The van der Waals surface area contributed by atoms with E-state index >= 15 is 0 Å².